The third-order valence-electron chi connectivity index (χ3n) is 1.66. The molecular weight excluding hydrogens is 162 g/mol. The van der Waals surface area contributed by atoms with Gasteiger partial charge in [0, 0.05) is 0 Å². The molecule has 0 heterocycles. The zero-order valence-corrected chi connectivity index (χ0v) is 8.66. The van der Waals surface area contributed by atoms with Crippen LogP contribution in [0.1, 0.15) is 39.5 Å². The molecule has 0 aromatic rings. The minimum Gasteiger partial charge on any atom is -0.405 e. The van der Waals surface area contributed by atoms with Gasteiger partial charge in [-0.2, -0.15) is 0 Å². The van der Waals surface area contributed by atoms with Crippen molar-refractivity contribution in [3.05, 3.63) is 24.4 Å². The average molecular weight is 183 g/mol. The van der Waals surface area contributed by atoms with E-state index >= 15 is 0 Å². The lowest BCUT2D eigenvalue weighted by Crippen LogP contribution is -2.16. The van der Waals surface area contributed by atoms with E-state index in [1.54, 1.807) is 6.20 Å². The van der Waals surface area contributed by atoms with Crippen molar-refractivity contribution in [2.24, 2.45) is 5.73 Å². The van der Waals surface area contributed by atoms with Crippen LogP contribution in [-0.4, -0.2) is 10.7 Å². The van der Waals surface area contributed by atoms with Crippen molar-refractivity contribution in [2.45, 2.75) is 45.1 Å². The van der Waals surface area contributed by atoms with Crippen LogP contribution in [0.25, 0.3) is 0 Å². The van der Waals surface area contributed by atoms with E-state index in [0.29, 0.717) is 0 Å². The third kappa shape index (κ3) is 11.2. The minimum absolute atomic E-state index is 0.576. The van der Waals surface area contributed by atoms with E-state index in [0.717, 1.165) is 25.7 Å². The smallest absolute Gasteiger partial charge is 0.0626 e. The summed E-state index contributed by atoms with van der Waals surface area (Å²) in [5, 5.41) is 9.38. The molecule has 0 aromatic carbocycles. The predicted molar refractivity (Wildman–Crippen MR) is 57.2 cm³/mol. The first-order valence-corrected chi connectivity index (χ1v) is 4.80. The van der Waals surface area contributed by atoms with Gasteiger partial charge in [-0.25, -0.2) is 0 Å². The fourth-order valence-electron chi connectivity index (χ4n) is 0.939. The lowest BCUT2D eigenvalue weighted by Gasteiger charge is -2.13. The summed E-state index contributed by atoms with van der Waals surface area (Å²) in [6, 6.07) is 0. The molecule has 76 valence electrons. The first-order chi connectivity index (χ1) is 6.06. The monoisotopic (exact) mass is 183 g/mol. The zero-order valence-electron chi connectivity index (χ0n) is 8.66. The van der Waals surface area contributed by atoms with E-state index in [1.807, 2.05) is 26.0 Å². The van der Waals surface area contributed by atoms with Crippen LogP contribution in [-0.2, 0) is 0 Å². The highest BCUT2D eigenvalue weighted by atomic mass is 16.3. The van der Waals surface area contributed by atoms with Crippen molar-refractivity contribution >= 4 is 0 Å². The summed E-state index contributed by atoms with van der Waals surface area (Å²) < 4.78 is 0. The Bertz CT molecular complexity index is 165. The molecule has 0 aliphatic rings. The first-order valence-electron chi connectivity index (χ1n) is 4.80. The van der Waals surface area contributed by atoms with Crippen LogP contribution in [0.3, 0.4) is 0 Å². The highest BCUT2D eigenvalue weighted by Gasteiger charge is 2.08. The van der Waals surface area contributed by atoms with E-state index in [-0.39, 0.29) is 0 Å². The molecule has 0 amide bonds. The van der Waals surface area contributed by atoms with Crippen LogP contribution in [0.5, 0.6) is 0 Å². The molecule has 0 unspecified atom stereocenters. The summed E-state index contributed by atoms with van der Waals surface area (Å²) in [7, 11) is 0. The number of unbranched alkanes of at least 4 members (excludes halogenated alkanes) is 2. The van der Waals surface area contributed by atoms with E-state index < -0.39 is 5.60 Å². The normalized spacial score (nSPS) is 13.2. The number of allylic oxidation sites excluding steroid dienone is 2. The second-order valence-corrected chi connectivity index (χ2v) is 3.85. The van der Waals surface area contributed by atoms with Gasteiger partial charge in [-0.05, 0) is 45.7 Å². The Labute approximate surface area is 81.1 Å². The second kappa shape index (κ2) is 6.72. The Morgan fingerprint density at radius 3 is 2.31 bits per heavy atom. The van der Waals surface area contributed by atoms with Gasteiger partial charge in [0.1, 0.15) is 0 Å². The number of hydrogen-bond acceptors (Lipinski definition) is 2. The molecule has 2 heteroatoms. The lowest BCUT2D eigenvalue weighted by molar-refractivity contribution is 0.0838. The fraction of sp³-hybridized carbons (Fsp3) is 0.636. The van der Waals surface area contributed by atoms with E-state index in [2.05, 4.69) is 6.08 Å². The van der Waals surface area contributed by atoms with Crippen molar-refractivity contribution in [3.8, 4) is 0 Å². The Morgan fingerprint density at radius 2 is 1.77 bits per heavy atom. The van der Waals surface area contributed by atoms with Crippen molar-refractivity contribution in [1.29, 1.82) is 0 Å². The SMILES string of the molecule is CC(C)(O)CC=CCCCC=CN. The maximum absolute atomic E-state index is 9.38. The molecule has 0 saturated carbocycles. The summed E-state index contributed by atoms with van der Waals surface area (Å²) in [6.45, 7) is 3.63. The Balaban J connectivity index is 3.32. The van der Waals surface area contributed by atoms with Gasteiger partial charge in [-0.1, -0.05) is 18.2 Å². The fourth-order valence-corrected chi connectivity index (χ4v) is 0.939. The standard InChI is InChI=1S/C11H21NO/c1-11(2,13)9-7-5-3-4-6-8-10-12/h5,7-8,10,13H,3-4,6,9,12H2,1-2H3. The molecule has 0 fully saturated rings. The van der Waals surface area contributed by atoms with Crippen LogP contribution in [0.15, 0.2) is 24.4 Å². The topological polar surface area (TPSA) is 46.2 Å². The van der Waals surface area contributed by atoms with E-state index in [1.165, 1.54) is 0 Å². The number of rotatable bonds is 6. The predicted octanol–water partition coefficient (Wildman–Crippen LogP) is 2.35. The van der Waals surface area contributed by atoms with Gasteiger partial charge in [-0.15, -0.1) is 0 Å². The zero-order chi connectivity index (χ0) is 10.2. The summed E-state index contributed by atoms with van der Waals surface area (Å²) in [5.74, 6) is 0. The summed E-state index contributed by atoms with van der Waals surface area (Å²) >= 11 is 0. The molecule has 0 radical (unpaired) electrons. The van der Waals surface area contributed by atoms with Crippen LogP contribution in [0, 0.1) is 0 Å². The first kappa shape index (κ1) is 12.2. The average Bonchev–Trinajstić information content (AvgIpc) is 2.01. The molecule has 3 N–H and O–H groups in total. The highest BCUT2D eigenvalue weighted by molar-refractivity contribution is 4.88. The maximum Gasteiger partial charge on any atom is 0.0626 e. The van der Waals surface area contributed by atoms with Gasteiger partial charge < -0.3 is 10.8 Å². The molecule has 2 nitrogen and oxygen atoms in total. The molecule has 0 atom stereocenters. The quantitative estimate of drug-likeness (QED) is 0.490. The highest BCUT2D eigenvalue weighted by Crippen LogP contribution is 2.08. The molecule has 0 aromatic heterocycles. The summed E-state index contributed by atoms with van der Waals surface area (Å²) in [6.07, 6.45) is 11.6. The van der Waals surface area contributed by atoms with Crippen LogP contribution in [0.4, 0.5) is 0 Å². The molecule has 0 bridgehead atoms. The van der Waals surface area contributed by atoms with E-state index in [4.69, 9.17) is 5.73 Å². The molecule has 0 aliphatic carbocycles. The van der Waals surface area contributed by atoms with Crippen LogP contribution < -0.4 is 5.73 Å². The summed E-state index contributed by atoms with van der Waals surface area (Å²) in [5.41, 5.74) is 4.62. The number of hydrogen-bond donors (Lipinski definition) is 2. The van der Waals surface area contributed by atoms with Gasteiger partial charge in [0.25, 0.3) is 0 Å². The Morgan fingerprint density at radius 1 is 1.15 bits per heavy atom. The van der Waals surface area contributed by atoms with Gasteiger partial charge in [0.05, 0.1) is 5.60 Å². The number of nitrogens with two attached hydrogens (primary N) is 1. The van der Waals surface area contributed by atoms with Gasteiger partial charge in [0.2, 0.25) is 0 Å². The van der Waals surface area contributed by atoms with Crippen LogP contribution >= 0.6 is 0 Å². The van der Waals surface area contributed by atoms with Gasteiger partial charge >= 0.3 is 0 Å². The lowest BCUT2D eigenvalue weighted by atomic mass is 10.1. The van der Waals surface area contributed by atoms with Crippen molar-refractivity contribution < 1.29 is 5.11 Å². The molecule has 0 saturated heterocycles. The molecule has 0 spiro atoms. The second-order valence-electron chi connectivity index (χ2n) is 3.85. The third-order valence-corrected chi connectivity index (χ3v) is 1.66. The van der Waals surface area contributed by atoms with Gasteiger partial charge in [-0.3, -0.25) is 0 Å². The van der Waals surface area contributed by atoms with E-state index in [9.17, 15) is 5.11 Å². The Kier molecular flexibility index (Phi) is 6.33. The Hall–Kier alpha value is -0.760. The maximum atomic E-state index is 9.38. The van der Waals surface area contributed by atoms with Crippen molar-refractivity contribution in [3.63, 3.8) is 0 Å². The molecular formula is C11H21NO. The van der Waals surface area contributed by atoms with Gasteiger partial charge in [0.15, 0.2) is 0 Å². The molecule has 0 rings (SSSR count). The summed E-state index contributed by atoms with van der Waals surface area (Å²) in [4.78, 5) is 0. The molecule has 13 heavy (non-hydrogen) atoms. The van der Waals surface area contributed by atoms with Crippen molar-refractivity contribution in [2.75, 3.05) is 0 Å². The van der Waals surface area contributed by atoms with Crippen LogP contribution in [0.2, 0.25) is 0 Å². The molecule has 0 aliphatic heterocycles. The minimum atomic E-state index is -0.576. The number of aliphatic hydroxyl groups is 1. The largest absolute Gasteiger partial charge is 0.405 e. The van der Waals surface area contributed by atoms with Crippen molar-refractivity contribution in [1.82, 2.24) is 0 Å².